The number of esters is 1. The molecule has 0 fully saturated rings. The molecule has 4 unspecified atom stereocenters. The summed E-state index contributed by atoms with van der Waals surface area (Å²) in [5.74, 6) is 1.07. The molecule has 6 nitrogen and oxygen atoms in total. The van der Waals surface area contributed by atoms with Crippen molar-refractivity contribution in [2.24, 2.45) is 11.8 Å². The predicted octanol–water partition coefficient (Wildman–Crippen LogP) is 2.96. The van der Waals surface area contributed by atoms with Crippen molar-refractivity contribution in [3.05, 3.63) is 11.6 Å². The number of aliphatic hydroxyl groups is 4. The summed E-state index contributed by atoms with van der Waals surface area (Å²) in [5, 5.41) is 37.0. The Morgan fingerprint density at radius 1 is 0.964 bits per heavy atom. The molecule has 0 saturated carbocycles. The van der Waals surface area contributed by atoms with Gasteiger partial charge in [-0.05, 0) is 38.0 Å². The number of rotatable bonds is 16. The maximum atomic E-state index is 11.7. The quantitative estimate of drug-likeness (QED) is 0.234. The van der Waals surface area contributed by atoms with E-state index < -0.39 is 37.5 Å². The Hall–Kier alpha value is -0.950. The number of hydrogen-bond acceptors (Lipinski definition) is 6. The summed E-state index contributed by atoms with van der Waals surface area (Å²) in [6.45, 7) is 7.84. The standard InChI is InChI=1S/C22H42O6/c1-16(2)8-5-9-17(3)10-6-11-18(4)12-7-13-21(26)28-15-20(25)22(27)19(24)14-23/h12,16-17,19-20,22-25,27H,5-11,13-15H2,1-4H3. The lowest BCUT2D eigenvalue weighted by atomic mass is 9.94. The van der Waals surface area contributed by atoms with Crippen molar-refractivity contribution in [2.45, 2.75) is 97.4 Å². The third-order valence-corrected chi connectivity index (χ3v) is 4.98. The fourth-order valence-electron chi connectivity index (χ4n) is 3.00. The summed E-state index contributed by atoms with van der Waals surface area (Å²) in [5.41, 5.74) is 1.27. The molecule has 6 heteroatoms. The predicted molar refractivity (Wildman–Crippen MR) is 111 cm³/mol. The van der Waals surface area contributed by atoms with Crippen LogP contribution in [0.2, 0.25) is 0 Å². The van der Waals surface area contributed by atoms with Crippen LogP contribution in [0.3, 0.4) is 0 Å². The molecule has 0 amide bonds. The van der Waals surface area contributed by atoms with Crippen molar-refractivity contribution in [1.82, 2.24) is 0 Å². The molecule has 0 aliphatic carbocycles. The second-order valence-corrected chi connectivity index (χ2v) is 8.40. The van der Waals surface area contributed by atoms with Crippen molar-refractivity contribution in [3.63, 3.8) is 0 Å². The van der Waals surface area contributed by atoms with E-state index in [1.807, 2.05) is 6.08 Å². The van der Waals surface area contributed by atoms with E-state index in [4.69, 9.17) is 9.84 Å². The van der Waals surface area contributed by atoms with Crippen LogP contribution in [0.1, 0.15) is 79.1 Å². The molecule has 4 atom stereocenters. The van der Waals surface area contributed by atoms with Crippen LogP contribution in [-0.2, 0) is 9.53 Å². The average molecular weight is 403 g/mol. The van der Waals surface area contributed by atoms with Crippen molar-refractivity contribution in [3.8, 4) is 0 Å². The lowest BCUT2D eigenvalue weighted by Crippen LogP contribution is -2.42. The van der Waals surface area contributed by atoms with Gasteiger partial charge < -0.3 is 25.2 Å². The molecule has 0 aliphatic rings. The second kappa shape index (κ2) is 15.9. The van der Waals surface area contributed by atoms with Crippen LogP contribution in [0.5, 0.6) is 0 Å². The highest BCUT2D eigenvalue weighted by Gasteiger charge is 2.25. The molecule has 0 aliphatic heterocycles. The van der Waals surface area contributed by atoms with Crippen LogP contribution < -0.4 is 0 Å². The summed E-state index contributed by atoms with van der Waals surface area (Å²) < 4.78 is 4.90. The first-order chi connectivity index (χ1) is 13.2. The molecule has 0 aromatic rings. The van der Waals surface area contributed by atoms with Gasteiger partial charge in [0.2, 0.25) is 0 Å². The van der Waals surface area contributed by atoms with Crippen molar-refractivity contribution in [2.75, 3.05) is 13.2 Å². The summed E-state index contributed by atoms with van der Waals surface area (Å²) in [4.78, 5) is 11.7. The van der Waals surface area contributed by atoms with Gasteiger partial charge in [-0.25, -0.2) is 0 Å². The molecule has 0 aromatic heterocycles. The van der Waals surface area contributed by atoms with Gasteiger partial charge in [0, 0.05) is 6.42 Å². The van der Waals surface area contributed by atoms with E-state index in [1.54, 1.807) is 0 Å². The van der Waals surface area contributed by atoms with Gasteiger partial charge in [-0.2, -0.15) is 0 Å². The molecule has 28 heavy (non-hydrogen) atoms. The van der Waals surface area contributed by atoms with Gasteiger partial charge in [-0.15, -0.1) is 0 Å². The smallest absolute Gasteiger partial charge is 0.306 e. The van der Waals surface area contributed by atoms with E-state index in [0.29, 0.717) is 6.42 Å². The molecule has 0 bridgehead atoms. The summed E-state index contributed by atoms with van der Waals surface area (Å²) in [6.07, 6.45) is 5.72. The molecule has 0 heterocycles. The van der Waals surface area contributed by atoms with E-state index in [2.05, 4.69) is 27.7 Å². The van der Waals surface area contributed by atoms with Gasteiger partial charge in [0.1, 0.15) is 24.9 Å². The van der Waals surface area contributed by atoms with Crippen molar-refractivity contribution >= 4 is 5.97 Å². The molecule has 0 rings (SSSR count). The van der Waals surface area contributed by atoms with Gasteiger partial charge in [-0.3, -0.25) is 4.79 Å². The largest absolute Gasteiger partial charge is 0.463 e. The summed E-state index contributed by atoms with van der Waals surface area (Å²) in [7, 11) is 0. The average Bonchev–Trinajstić information content (AvgIpc) is 2.64. The minimum Gasteiger partial charge on any atom is -0.463 e. The molecular formula is C22H42O6. The zero-order valence-electron chi connectivity index (χ0n) is 18.1. The van der Waals surface area contributed by atoms with Gasteiger partial charge in [0.05, 0.1) is 6.61 Å². The highest BCUT2D eigenvalue weighted by atomic mass is 16.5. The van der Waals surface area contributed by atoms with Crippen LogP contribution in [0.4, 0.5) is 0 Å². The van der Waals surface area contributed by atoms with Gasteiger partial charge >= 0.3 is 5.97 Å². The lowest BCUT2D eigenvalue weighted by Gasteiger charge is -2.21. The second-order valence-electron chi connectivity index (χ2n) is 8.40. The zero-order chi connectivity index (χ0) is 21.5. The Balaban J connectivity index is 3.88. The topological polar surface area (TPSA) is 107 Å². The molecule has 0 radical (unpaired) electrons. The number of carbonyl (C=O) groups excluding carboxylic acids is 1. The SMILES string of the molecule is CC(=CCCC(=O)OCC(O)C(O)C(O)CO)CCCC(C)CCCC(C)C. The Kier molecular flexibility index (Phi) is 15.4. The molecule has 0 aromatic carbocycles. The maximum Gasteiger partial charge on any atom is 0.306 e. The Morgan fingerprint density at radius 3 is 2.21 bits per heavy atom. The Labute approximate surface area is 170 Å². The molecule has 0 spiro atoms. The first-order valence-corrected chi connectivity index (χ1v) is 10.6. The number of ether oxygens (including phenoxy) is 1. The van der Waals surface area contributed by atoms with Crippen LogP contribution >= 0.6 is 0 Å². The van der Waals surface area contributed by atoms with Crippen LogP contribution in [-0.4, -0.2) is 57.9 Å². The Morgan fingerprint density at radius 2 is 1.61 bits per heavy atom. The van der Waals surface area contributed by atoms with Crippen LogP contribution in [0, 0.1) is 11.8 Å². The molecule has 0 saturated heterocycles. The third kappa shape index (κ3) is 14.1. The molecule has 4 N–H and O–H groups in total. The van der Waals surface area contributed by atoms with Gasteiger partial charge in [0.25, 0.3) is 0 Å². The van der Waals surface area contributed by atoms with E-state index in [1.165, 1.54) is 31.3 Å². The summed E-state index contributed by atoms with van der Waals surface area (Å²) >= 11 is 0. The monoisotopic (exact) mass is 402 g/mol. The van der Waals surface area contributed by atoms with E-state index in [-0.39, 0.29) is 6.42 Å². The lowest BCUT2D eigenvalue weighted by molar-refractivity contribution is -0.152. The number of aliphatic hydroxyl groups excluding tert-OH is 4. The van der Waals surface area contributed by atoms with Crippen LogP contribution in [0.25, 0.3) is 0 Å². The zero-order valence-corrected chi connectivity index (χ0v) is 18.1. The van der Waals surface area contributed by atoms with Crippen molar-refractivity contribution in [1.29, 1.82) is 0 Å². The van der Waals surface area contributed by atoms with Crippen molar-refractivity contribution < 1.29 is 30.0 Å². The molecular weight excluding hydrogens is 360 g/mol. The van der Waals surface area contributed by atoms with E-state index in [9.17, 15) is 20.1 Å². The highest BCUT2D eigenvalue weighted by Crippen LogP contribution is 2.19. The first kappa shape index (κ1) is 27.0. The van der Waals surface area contributed by atoms with E-state index in [0.717, 1.165) is 24.7 Å². The van der Waals surface area contributed by atoms with Crippen LogP contribution in [0.15, 0.2) is 11.6 Å². The van der Waals surface area contributed by atoms with Gasteiger partial charge in [-0.1, -0.05) is 58.1 Å². The Bertz CT molecular complexity index is 435. The fraction of sp³-hybridized carbons (Fsp3) is 0.864. The minimum absolute atomic E-state index is 0.203. The first-order valence-electron chi connectivity index (χ1n) is 10.6. The number of carbonyl (C=O) groups is 1. The minimum atomic E-state index is -1.55. The normalized spacial score (nSPS) is 16.7. The summed E-state index contributed by atoms with van der Waals surface area (Å²) in [6, 6.07) is 0. The molecule has 166 valence electrons. The van der Waals surface area contributed by atoms with Gasteiger partial charge in [0.15, 0.2) is 0 Å². The third-order valence-electron chi connectivity index (χ3n) is 4.98. The fourth-order valence-corrected chi connectivity index (χ4v) is 3.00. The maximum absolute atomic E-state index is 11.7. The number of hydrogen-bond donors (Lipinski definition) is 4. The van der Waals surface area contributed by atoms with E-state index >= 15 is 0 Å². The highest BCUT2D eigenvalue weighted by molar-refractivity contribution is 5.69. The number of allylic oxidation sites excluding steroid dienone is 2.